The third-order valence-corrected chi connectivity index (χ3v) is 4.60. The van der Waals surface area contributed by atoms with Crippen LogP contribution in [0.1, 0.15) is 40.5 Å². The first kappa shape index (κ1) is 21.9. The highest BCUT2D eigenvalue weighted by atomic mass is 16.6. The predicted octanol–water partition coefficient (Wildman–Crippen LogP) is 1.80. The molecule has 1 unspecified atom stereocenters. The molecule has 26 heavy (non-hydrogen) atoms. The largest absolute Gasteiger partial charge is 0.469 e. The Hall–Kier alpha value is -2.12. The molecule has 0 N–H and O–H groups in total. The average molecular weight is 371 g/mol. The van der Waals surface area contributed by atoms with Crippen molar-refractivity contribution in [1.29, 1.82) is 0 Å². The van der Waals surface area contributed by atoms with Crippen LogP contribution in [0.25, 0.3) is 0 Å². The number of ether oxygens (including phenoxy) is 3. The molecule has 0 bridgehead atoms. The van der Waals surface area contributed by atoms with Gasteiger partial charge in [-0.05, 0) is 32.6 Å². The number of carbonyl (C=O) groups is 4. The second-order valence-corrected chi connectivity index (χ2v) is 7.59. The molecule has 0 radical (unpaired) electrons. The molecule has 148 valence electrons. The van der Waals surface area contributed by atoms with Crippen molar-refractivity contribution >= 4 is 24.3 Å². The van der Waals surface area contributed by atoms with Gasteiger partial charge in [0.15, 0.2) is 0 Å². The van der Waals surface area contributed by atoms with Gasteiger partial charge in [-0.25, -0.2) is 9.59 Å². The molecule has 0 aromatic carbocycles. The van der Waals surface area contributed by atoms with Crippen LogP contribution in [0, 0.1) is 17.8 Å². The molecule has 1 rings (SSSR count). The lowest BCUT2D eigenvalue weighted by Crippen LogP contribution is -2.46. The summed E-state index contributed by atoms with van der Waals surface area (Å²) in [5.74, 6) is -1.99. The van der Waals surface area contributed by atoms with E-state index in [1.807, 2.05) is 6.92 Å². The maximum atomic E-state index is 12.6. The Kier molecular flexibility index (Phi) is 7.59. The number of hydrogen-bond acceptors (Lipinski definition) is 7. The van der Waals surface area contributed by atoms with Crippen molar-refractivity contribution in [2.24, 2.45) is 17.8 Å². The summed E-state index contributed by atoms with van der Waals surface area (Å²) in [5.41, 5.74) is -0.734. The topological polar surface area (TPSA) is 99.2 Å². The third kappa shape index (κ3) is 5.44. The molecular weight excluding hydrogens is 342 g/mol. The Morgan fingerprint density at radius 2 is 1.81 bits per heavy atom. The minimum absolute atomic E-state index is 0.0522. The molecule has 1 aliphatic rings. The van der Waals surface area contributed by atoms with Gasteiger partial charge in [0.1, 0.15) is 17.9 Å². The van der Waals surface area contributed by atoms with Gasteiger partial charge in [0.2, 0.25) is 0 Å². The van der Waals surface area contributed by atoms with E-state index < -0.39 is 35.6 Å². The second-order valence-electron chi connectivity index (χ2n) is 7.59. The standard InChI is InChI=1S/C18H29NO7/c1-11(7-8-20)13-10-19(17(23)26-18(2,3)4)15(16(22)25-6)12(13)9-14(21)24-5/h8,11-13,15H,7,9-10H2,1-6H3/t11-,12-,13?,15-/m0/s1. The number of methoxy groups -OCH3 is 2. The summed E-state index contributed by atoms with van der Waals surface area (Å²) in [4.78, 5) is 49.2. The van der Waals surface area contributed by atoms with Crippen LogP contribution in [0.15, 0.2) is 0 Å². The van der Waals surface area contributed by atoms with E-state index in [-0.39, 0.29) is 31.2 Å². The summed E-state index contributed by atoms with van der Waals surface area (Å²) in [7, 11) is 2.49. The summed E-state index contributed by atoms with van der Waals surface area (Å²) in [6, 6.07) is -0.965. The van der Waals surface area contributed by atoms with E-state index >= 15 is 0 Å². The maximum absolute atomic E-state index is 12.6. The lowest BCUT2D eigenvalue weighted by Gasteiger charge is -2.29. The van der Waals surface area contributed by atoms with Gasteiger partial charge in [0, 0.05) is 18.9 Å². The Morgan fingerprint density at radius 3 is 2.27 bits per heavy atom. The van der Waals surface area contributed by atoms with E-state index in [0.717, 1.165) is 6.29 Å². The minimum atomic E-state index is -0.965. The van der Waals surface area contributed by atoms with E-state index in [4.69, 9.17) is 14.2 Å². The Morgan fingerprint density at radius 1 is 1.19 bits per heavy atom. The van der Waals surface area contributed by atoms with E-state index in [1.165, 1.54) is 19.1 Å². The fourth-order valence-corrected chi connectivity index (χ4v) is 3.34. The van der Waals surface area contributed by atoms with Gasteiger partial charge in [-0.15, -0.1) is 0 Å². The van der Waals surface area contributed by atoms with Crippen molar-refractivity contribution in [3.63, 3.8) is 0 Å². The van der Waals surface area contributed by atoms with Crippen molar-refractivity contribution in [2.75, 3.05) is 20.8 Å². The number of aldehydes is 1. The van der Waals surface area contributed by atoms with Crippen molar-refractivity contribution < 1.29 is 33.4 Å². The fourth-order valence-electron chi connectivity index (χ4n) is 3.34. The third-order valence-electron chi connectivity index (χ3n) is 4.60. The zero-order valence-electron chi connectivity index (χ0n) is 16.3. The van der Waals surface area contributed by atoms with Gasteiger partial charge in [-0.3, -0.25) is 9.69 Å². The molecule has 0 saturated carbocycles. The van der Waals surface area contributed by atoms with Gasteiger partial charge in [0.05, 0.1) is 20.6 Å². The van der Waals surface area contributed by atoms with Crippen molar-refractivity contribution in [3.05, 3.63) is 0 Å². The van der Waals surface area contributed by atoms with Crippen molar-refractivity contribution in [2.45, 2.75) is 52.2 Å². The van der Waals surface area contributed by atoms with Gasteiger partial charge in [-0.1, -0.05) is 6.92 Å². The van der Waals surface area contributed by atoms with Crippen LogP contribution in [-0.2, 0) is 28.6 Å². The molecule has 1 amide bonds. The number of nitrogens with zero attached hydrogens (tertiary/aromatic N) is 1. The molecule has 8 heteroatoms. The molecule has 4 atom stereocenters. The monoisotopic (exact) mass is 371 g/mol. The zero-order chi connectivity index (χ0) is 20.1. The Balaban J connectivity index is 3.23. The van der Waals surface area contributed by atoms with Crippen LogP contribution in [0.2, 0.25) is 0 Å². The van der Waals surface area contributed by atoms with Crippen LogP contribution in [0.4, 0.5) is 4.79 Å². The number of amides is 1. The highest BCUT2D eigenvalue weighted by Crippen LogP contribution is 2.39. The smallest absolute Gasteiger partial charge is 0.411 e. The average Bonchev–Trinajstić information content (AvgIpc) is 2.92. The molecular formula is C18H29NO7. The lowest BCUT2D eigenvalue weighted by molar-refractivity contribution is -0.149. The normalized spacial score (nSPS) is 23.9. The van der Waals surface area contributed by atoms with E-state index in [9.17, 15) is 19.2 Å². The van der Waals surface area contributed by atoms with Crippen molar-refractivity contribution in [1.82, 2.24) is 4.90 Å². The molecule has 1 fully saturated rings. The van der Waals surface area contributed by atoms with Gasteiger partial charge in [-0.2, -0.15) is 0 Å². The van der Waals surface area contributed by atoms with E-state index in [1.54, 1.807) is 20.8 Å². The summed E-state index contributed by atoms with van der Waals surface area (Å²) in [6.07, 6.45) is 0.355. The first-order chi connectivity index (χ1) is 12.1. The number of carbonyl (C=O) groups excluding carboxylic acids is 4. The molecule has 8 nitrogen and oxygen atoms in total. The molecule has 0 aromatic heterocycles. The Bertz CT molecular complexity index is 540. The lowest BCUT2D eigenvalue weighted by atomic mass is 9.79. The summed E-state index contributed by atoms with van der Waals surface area (Å²) >= 11 is 0. The van der Waals surface area contributed by atoms with Crippen LogP contribution in [-0.4, -0.2) is 61.6 Å². The van der Waals surface area contributed by atoms with Crippen LogP contribution in [0.3, 0.4) is 0 Å². The predicted molar refractivity (Wildman–Crippen MR) is 92.2 cm³/mol. The van der Waals surface area contributed by atoms with Crippen molar-refractivity contribution in [3.8, 4) is 0 Å². The van der Waals surface area contributed by atoms with E-state index in [2.05, 4.69) is 0 Å². The molecule has 0 aliphatic carbocycles. The molecule has 0 spiro atoms. The first-order valence-corrected chi connectivity index (χ1v) is 8.63. The fraction of sp³-hybridized carbons (Fsp3) is 0.778. The first-order valence-electron chi connectivity index (χ1n) is 8.63. The SMILES string of the molecule is COC(=O)C[C@H]1C([C@@H](C)CC=O)CN(C(=O)OC(C)(C)C)[C@@H]1C(=O)OC. The number of likely N-dealkylation sites (tertiary alicyclic amines) is 1. The van der Waals surface area contributed by atoms with Crippen LogP contribution in [0.5, 0.6) is 0 Å². The molecule has 0 aromatic rings. The minimum Gasteiger partial charge on any atom is -0.469 e. The van der Waals surface area contributed by atoms with Crippen LogP contribution < -0.4 is 0 Å². The Labute approximate surface area is 154 Å². The quantitative estimate of drug-likeness (QED) is 0.399. The molecule has 1 saturated heterocycles. The second kappa shape index (κ2) is 9.00. The van der Waals surface area contributed by atoms with E-state index in [0.29, 0.717) is 0 Å². The summed E-state index contributed by atoms with van der Waals surface area (Å²) in [5, 5.41) is 0. The zero-order valence-corrected chi connectivity index (χ0v) is 16.3. The molecule has 1 aliphatic heterocycles. The highest BCUT2D eigenvalue weighted by Gasteiger charge is 2.51. The summed E-state index contributed by atoms with van der Waals surface area (Å²) < 4.78 is 15.0. The van der Waals surface area contributed by atoms with Gasteiger partial charge >= 0.3 is 18.0 Å². The van der Waals surface area contributed by atoms with Gasteiger partial charge in [0.25, 0.3) is 0 Å². The number of rotatable bonds is 6. The van der Waals surface area contributed by atoms with Gasteiger partial charge < -0.3 is 19.0 Å². The summed E-state index contributed by atoms with van der Waals surface area (Å²) in [6.45, 7) is 7.24. The number of esters is 2. The number of hydrogen-bond donors (Lipinski definition) is 0. The maximum Gasteiger partial charge on any atom is 0.411 e. The highest BCUT2D eigenvalue weighted by molar-refractivity contribution is 5.84. The molecule has 1 heterocycles. The van der Waals surface area contributed by atoms with Crippen LogP contribution >= 0.6 is 0 Å².